The molecule has 0 bridgehead atoms. The minimum Gasteiger partial charge on any atom is -0.251 e. The molecule has 0 aromatic heterocycles. The van der Waals surface area contributed by atoms with Crippen molar-refractivity contribution in [3.05, 3.63) is 12.4 Å². The first kappa shape index (κ1) is 12.9. The van der Waals surface area contributed by atoms with Crippen molar-refractivity contribution >= 4 is 32.7 Å². The van der Waals surface area contributed by atoms with E-state index in [0.717, 1.165) is 0 Å². The number of rotatable bonds is 3. The number of hydroxylamine groups is 2. The third-order valence-corrected chi connectivity index (χ3v) is 3.64. The van der Waals surface area contributed by atoms with Crippen LogP contribution in [-0.2, 0) is 4.84 Å². The Labute approximate surface area is 114 Å². The summed E-state index contributed by atoms with van der Waals surface area (Å²) >= 11 is 3.09. The van der Waals surface area contributed by atoms with Crippen molar-refractivity contribution in [1.29, 1.82) is 0 Å². The number of hydrogen-bond acceptors (Lipinski definition) is 4. The lowest BCUT2D eigenvalue weighted by molar-refractivity contribution is -0.999. The minimum absolute atomic E-state index is 0.0890. The molecule has 0 spiro atoms. The molecule has 0 N–H and O–H groups in total. The van der Waals surface area contributed by atoms with Crippen LogP contribution < -0.4 is 0 Å². The molecule has 1 unspecified atom stereocenters. The topological polar surface area (TPSA) is 46.3 Å². The average Bonchev–Trinajstić information content (AvgIpc) is 3.04. The van der Waals surface area contributed by atoms with E-state index in [1.807, 2.05) is 0 Å². The molecule has 0 aromatic carbocycles. The molecule has 0 amide bonds. The van der Waals surface area contributed by atoms with E-state index in [4.69, 9.17) is 4.84 Å². The number of hydrogen-bond donors (Lipinski definition) is 0. The van der Waals surface area contributed by atoms with Crippen molar-refractivity contribution in [3.63, 3.8) is 0 Å². The smallest absolute Gasteiger partial charge is 0.251 e. The third-order valence-electron chi connectivity index (χ3n) is 3.30. The van der Waals surface area contributed by atoms with Gasteiger partial charge in [0, 0.05) is 20.7 Å². The molecule has 0 aromatic rings. The SMILES string of the molecule is FC(F)(F)C1(CO[N+]23C=CN=CC2=NC(Br)=N3)CC1. The highest BCUT2D eigenvalue weighted by Gasteiger charge is 2.65. The summed E-state index contributed by atoms with van der Waals surface area (Å²) in [5.41, 5.74) is -1.74. The van der Waals surface area contributed by atoms with Gasteiger partial charge in [0.15, 0.2) is 6.20 Å². The Balaban J connectivity index is 1.79. The Hall–Kier alpha value is -1.06. The van der Waals surface area contributed by atoms with Crippen LogP contribution in [0, 0.1) is 5.41 Å². The molecule has 9 heteroatoms. The van der Waals surface area contributed by atoms with E-state index in [9.17, 15) is 13.2 Å². The predicted octanol–water partition coefficient (Wildman–Crippen LogP) is 2.71. The maximum atomic E-state index is 12.9. The van der Waals surface area contributed by atoms with E-state index < -0.39 is 23.0 Å². The van der Waals surface area contributed by atoms with Gasteiger partial charge in [0.05, 0.1) is 11.6 Å². The Bertz CT molecular complexity index is 535. The summed E-state index contributed by atoms with van der Waals surface area (Å²) < 4.78 is 38.3. The van der Waals surface area contributed by atoms with E-state index in [-0.39, 0.29) is 17.6 Å². The highest BCUT2D eigenvalue weighted by molar-refractivity contribution is 9.18. The molecule has 5 nitrogen and oxygen atoms in total. The van der Waals surface area contributed by atoms with E-state index >= 15 is 0 Å². The van der Waals surface area contributed by atoms with Gasteiger partial charge in [-0.25, -0.2) is 0 Å². The lowest BCUT2D eigenvalue weighted by atomic mass is 10.1. The molecule has 2 aliphatic heterocycles. The van der Waals surface area contributed by atoms with Gasteiger partial charge in [-0.15, -0.1) is 0 Å². The zero-order valence-electron chi connectivity index (χ0n) is 9.56. The predicted molar refractivity (Wildman–Crippen MR) is 65.4 cm³/mol. The van der Waals surface area contributed by atoms with Gasteiger partial charge in [-0.05, 0) is 17.9 Å². The first-order valence-electron chi connectivity index (χ1n) is 5.53. The summed E-state index contributed by atoms with van der Waals surface area (Å²) in [5, 5.41) is 4.05. The standard InChI is InChI=1S/C10H9BrF3N4O/c11-8-16-7-5-15-3-4-18(7,17-8)19-6-9(1-2-9)10(12,13)14/h3-5H,1-2,6H2/q+1. The largest absolute Gasteiger partial charge is 0.396 e. The molecule has 19 heavy (non-hydrogen) atoms. The number of amidine groups is 2. The lowest BCUT2D eigenvalue weighted by Gasteiger charge is -2.25. The Morgan fingerprint density at radius 3 is 2.79 bits per heavy atom. The fourth-order valence-electron chi connectivity index (χ4n) is 1.84. The normalized spacial score (nSPS) is 30.9. The van der Waals surface area contributed by atoms with Crippen LogP contribution in [0.2, 0.25) is 0 Å². The van der Waals surface area contributed by atoms with Crippen LogP contribution in [0.15, 0.2) is 27.5 Å². The Kier molecular flexibility index (Phi) is 2.70. The number of alkyl halides is 3. The lowest BCUT2D eigenvalue weighted by Crippen LogP contribution is -2.46. The van der Waals surface area contributed by atoms with Crippen molar-refractivity contribution in [2.75, 3.05) is 6.61 Å². The maximum absolute atomic E-state index is 12.9. The molecule has 1 saturated carbocycles. The van der Waals surface area contributed by atoms with Crippen LogP contribution in [-0.4, -0.2) is 34.3 Å². The van der Waals surface area contributed by atoms with Gasteiger partial charge in [0.2, 0.25) is 0 Å². The van der Waals surface area contributed by atoms with Gasteiger partial charge in [-0.1, -0.05) is 0 Å². The molecule has 3 aliphatic rings. The Morgan fingerprint density at radius 1 is 1.42 bits per heavy atom. The summed E-state index contributed by atoms with van der Waals surface area (Å²) in [6.07, 6.45) is 0.194. The van der Waals surface area contributed by atoms with Crippen molar-refractivity contribution in [2.24, 2.45) is 20.5 Å². The number of quaternary nitrogens is 1. The van der Waals surface area contributed by atoms with Gasteiger partial charge in [0.25, 0.3) is 4.74 Å². The minimum atomic E-state index is -4.25. The molecular formula is C10H9BrF3N4O+. The summed E-state index contributed by atoms with van der Waals surface area (Å²) in [6.45, 7) is -0.447. The van der Waals surface area contributed by atoms with Gasteiger partial charge < -0.3 is 0 Å². The third kappa shape index (κ3) is 2.05. The molecule has 1 aliphatic carbocycles. The zero-order valence-corrected chi connectivity index (χ0v) is 11.1. The molecule has 0 saturated heterocycles. The number of aliphatic imine (C=N–C) groups is 2. The number of fused-ring (bicyclic) bond motifs is 1. The van der Waals surface area contributed by atoms with Crippen molar-refractivity contribution < 1.29 is 22.8 Å². The fraction of sp³-hybridized carbons (Fsp3) is 0.500. The number of nitrogens with zero attached hydrogens (tertiary/aromatic N) is 4. The van der Waals surface area contributed by atoms with Gasteiger partial charge >= 0.3 is 12.0 Å². The molecule has 0 radical (unpaired) electrons. The molecule has 1 atom stereocenters. The van der Waals surface area contributed by atoms with E-state index in [0.29, 0.717) is 5.84 Å². The van der Waals surface area contributed by atoms with Crippen LogP contribution in [0.5, 0.6) is 0 Å². The van der Waals surface area contributed by atoms with Crippen LogP contribution in [0.1, 0.15) is 12.8 Å². The van der Waals surface area contributed by atoms with E-state index in [2.05, 4.69) is 31.0 Å². The first-order chi connectivity index (χ1) is 8.87. The molecule has 2 heterocycles. The first-order valence-corrected chi connectivity index (χ1v) is 6.32. The maximum Gasteiger partial charge on any atom is 0.396 e. The molecule has 1 fully saturated rings. The van der Waals surface area contributed by atoms with E-state index in [1.165, 1.54) is 18.6 Å². The summed E-state index contributed by atoms with van der Waals surface area (Å²) in [5.74, 6) is 0.326. The van der Waals surface area contributed by atoms with E-state index in [1.54, 1.807) is 0 Å². The summed E-state index contributed by atoms with van der Waals surface area (Å²) in [6, 6.07) is 0. The molecular weight excluding hydrogens is 329 g/mol. The van der Waals surface area contributed by atoms with Gasteiger partial charge in [0.1, 0.15) is 12.8 Å². The average molecular weight is 338 g/mol. The van der Waals surface area contributed by atoms with Crippen molar-refractivity contribution in [2.45, 2.75) is 19.0 Å². The monoisotopic (exact) mass is 337 g/mol. The summed E-state index contributed by atoms with van der Waals surface area (Å²) in [7, 11) is 0. The molecule has 102 valence electrons. The second-order valence-corrected chi connectivity index (χ2v) is 5.30. The van der Waals surface area contributed by atoms with Gasteiger partial charge in [-0.2, -0.15) is 23.0 Å². The second kappa shape index (κ2) is 3.97. The highest BCUT2D eigenvalue weighted by atomic mass is 79.9. The summed E-state index contributed by atoms with van der Waals surface area (Å²) in [4.78, 5) is 13.3. The quantitative estimate of drug-likeness (QED) is 0.577. The molecule has 3 rings (SSSR count). The van der Waals surface area contributed by atoms with Crippen LogP contribution in [0.4, 0.5) is 13.2 Å². The van der Waals surface area contributed by atoms with Crippen molar-refractivity contribution in [3.8, 4) is 0 Å². The van der Waals surface area contributed by atoms with Crippen molar-refractivity contribution in [1.82, 2.24) is 0 Å². The number of halogens is 4. The zero-order chi connectivity index (χ0) is 13.7. The fourth-order valence-corrected chi connectivity index (χ4v) is 2.26. The highest BCUT2D eigenvalue weighted by Crippen LogP contribution is 2.58. The second-order valence-electron chi connectivity index (χ2n) is 4.59. The van der Waals surface area contributed by atoms with Crippen LogP contribution in [0.25, 0.3) is 0 Å². The van der Waals surface area contributed by atoms with Gasteiger partial charge in [-0.3, -0.25) is 4.99 Å². The Morgan fingerprint density at radius 2 is 2.16 bits per heavy atom. The van der Waals surface area contributed by atoms with Crippen LogP contribution in [0.3, 0.4) is 0 Å². The van der Waals surface area contributed by atoms with Crippen LogP contribution >= 0.6 is 15.9 Å².